The van der Waals surface area contributed by atoms with E-state index in [9.17, 15) is 8.78 Å². The SMILES string of the molecule is CCC(C)(N)COCc1cc(F)ccc1F. The van der Waals surface area contributed by atoms with E-state index in [1.54, 1.807) is 0 Å². The van der Waals surface area contributed by atoms with Crippen LogP contribution in [0.3, 0.4) is 0 Å². The van der Waals surface area contributed by atoms with Crippen molar-refractivity contribution in [2.75, 3.05) is 6.61 Å². The molecule has 4 heteroatoms. The van der Waals surface area contributed by atoms with Gasteiger partial charge in [-0.1, -0.05) is 6.92 Å². The summed E-state index contributed by atoms with van der Waals surface area (Å²) in [4.78, 5) is 0. The van der Waals surface area contributed by atoms with E-state index in [2.05, 4.69) is 0 Å². The van der Waals surface area contributed by atoms with E-state index in [1.807, 2.05) is 13.8 Å². The van der Waals surface area contributed by atoms with Gasteiger partial charge in [-0.15, -0.1) is 0 Å². The first-order valence-corrected chi connectivity index (χ1v) is 5.25. The zero-order chi connectivity index (χ0) is 12.2. The van der Waals surface area contributed by atoms with E-state index in [0.29, 0.717) is 6.61 Å². The van der Waals surface area contributed by atoms with E-state index in [-0.39, 0.29) is 12.2 Å². The molecule has 0 bridgehead atoms. The average molecular weight is 229 g/mol. The van der Waals surface area contributed by atoms with Crippen LogP contribution in [0.25, 0.3) is 0 Å². The summed E-state index contributed by atoms with van der Waals surface area (Å²) in [5.41, 5.74) is 5.64. The molecule has 0 aliphatic carbocycles. The molecule has 0 heterocycles. The van der Waals surface area contributed by atoms with Gasteiger partial charge in [-0.25, -0.2) is 8.78 Å². The highest BCUT2D eigenvalue weighted by Gasteiger charge is 2.16. The Morgan fingerprint density at radius 3 is 2.69 bits per heavy atom. The van der Waals surface area contributed by atoms with E-state index in [0.717, 1.165) is 24.6 Å². The van der Waals surface area contributed by atoms with Crippen molar-refractivity contribution in [2.45, 2.75) is 32.4 Å². The predicted octanol–water partition coefficient (Wildman–Crippen LogP) is 2.61. The Bertz CT molecular complexity index is 353. The number of benzene rings is 1. The minimum absolute atomic E-state index is 0.0381. The number of hydrogen-bond donors (Lipinski definition) is 1. The van der Waals surface area contributed by atoms with Crippen LogP contribution in [0, 0.1) is 11.6 Å². The number of nitrogens with two attached hydrogens (primary N) is 1. The average Bonchev–Trinajstić information content (AvgIpc) is 2.23. The summed E-state index contributed by atoms with van der Waals surface area (Å²) in [6.07, 6.45) is 0.763. The molecule has 16 heavy (non-hydrogen) atoms. The normalized spacial score (nSPS) is 14.8. The molecule has 0 fully saturated rings. The molecule has 0 saturated heterocycles. The van der Waals surface area contributed by atoms with Crippen LogP contribution in [0.5, 0.6) is 0 Å². The lowest BCUT2D eigenvalue weighted by atomic mass is 10.0. The molecule has 1 unspecified atom stereocenters. The zero-order valence-electron chi connectivity index (χ0n) is 9.59. The fraction of sp³-hybridized carbons (Fsp3) is 0.500. The summed E-state index contributed by atoms with van der Waals surface area (Å²) in [7, 11) is 0. The first kappa shape index (κ1) is 13.1. The summed E-state index contributed by atoms with van der Waals surface area (Å²) >= 11 is 0. The second kappa shape index (κ2) is 5.37. The molecule has 1 atom stereocenters. The van der Waals surface area contributed by atoms with Gasteiger partial charge < -0.3 is 10.5 Å². The molecule has 0 radical (unpaired) electrons. The molecule has 0 aliphatic heterocycles. The zero-order valence-corrected chi connectivity index (χ0v) is 9.59. The molecule has 2 nitrogen and oxygen atoms in total. The molecule has 1 aromatic rings. The first-order chi connectivity index (χ1) is 7.44. The molecule has 0 saturated carbocycles. The Hall–Kier alpha value is -1.00. The van der Waals surface area contributed by atoms with Crippen LogP contribution in [0.2, 0.25) is 0 Å². The molecular formula is C12H17F2NO. The van der Waals surface area contributed by atoms with Crippen molar-refractivity contribution in [3.05, 3.63) is 35.4 Å². The van der Waals surface area contributed by atoms with Crippen molar-refractivity contribution < 1.29 is 13.5 Å². The Morgan fingerprint density at radius 2 is 2.06 bits per heavy atom. The van der Waals surface area contributed by atoms with E-state index >= 15 is 0 Å². The van der Waals surface area contributed by atoms with Gasteiger partial charge in [-0.2, -0.15) is 0 Å². The Kier molecular flexibility index (Phi) is 4.38. The highest BCUT2D eigenvalue weighted by molar-refractivity contribution is 5.17. The third kappa shape index (κ3) is 3.87. The van der Waals surface area contributed by atoms with Crippen LogP contribution in [-0.4, -0.2) is 12.1 Å². The Labute approximate surface area is 94.4 Å². The maximum Gasteiger partial charge on any atom is 0.128 e. The van der Waals surface area contributed by atoms with Gasteiger partial charge in [0, 0.05) is 11.1 Å². The van der Waals surface area contributed by atoms with Gasteiger partial charge in [-0.05, 0) is 31.5 Å². The number of ether oxygens (including phenoxy) is 1. The van der Waals surface area contributed by atoms with Gasteiger partial charge in [0.25, 0.3) is 0 Å². The van der Waals surface area contributed by atoms with E-state index in [4.69, 9.17) is 10.5 Å². The predicted molar refractivity (Wildman–Crippen MR) is 58.9 cm³/mol. The standard InChI is InChI=1S/C12H17F2NO/c1-3-12(2,15)8-16-7-9-6-10(13)4-5-11(9)14/h4-6H,3,7-8,15H2,1-2H3. The highest BCUT2D eigenvalue weighted by atomic mass is 19.1. The molecule has 0 aliphatic rings. The molecule has 2 N–H and O–H groups in total. The van der Waals surface area contributed by atoms with Crippen LogP contribution in [0.15, 0.2) is 18.2 Å². The number of halogens is 2. The molecular weight excluding hydrogens is 212 g/mol. The largest absolute Gasteiger partial charge is 0.375 e. The van der Waals surface area contributed by atoms with Gasteiger partial charge in [-0.3, -0.25) is 0 Å². The summed E-state index contributed by atoms with van der Waals surface area (Å²) in [6.45, 7) is 4.16. The third-order valence-electron chi connectivity index (χ3n) is 2.50. The van der Waals surface area contributed by atoms with Gasteiger partial charge in [0.2, 0.25) is 0 Å². The molecule has 0 amide bonds. The van der Waals surface area contributed by atoms with E-state index < -0.39 is 17.2 Å². The number of hydrogen-bond acceptors (Lipinski definition) is 2. The third-order valence-corrected chi connectivity index (χ3v) is 2.50. The molecule has 0 aromatic heterocycles. The van der Waals surface area contributed by atoms with Gasteiger partial charge in [0.1, 0.15) is 11.6 Å². The van der Waals surface area contributed by atoms with Gasteiger partial charge in [0.05, 0.1) is 13.2 Å². The minimum atomic E-state index is -0.467. The van der Waals surface area contributed by atoms with Crippen molar-refractivity contribution in [1.29, 1.82) is 0 Å². The highest BCUT2D eigenvalue weighted by Crippen LogP contribution is 2.12. The topological polar surface area (TPSA) is 35.2 Å². The van der Waals surface area contributed by atoms with Crippen molar-refractivity contribution in [3.63, 3.8) is 0 Å². The fourth-order valence-electron chi connectivity index (χ4n) is 1.15. The maximum atomic E-state index is 13.2. The second-order valence-corrected chi connectivity index (χ2v) is 4.24. The fourth-order valence-corrected chi connectivity index (χ4v) is 1.15. The summed E-state index contributed by atoms with van der Waals surface area (Å²) < 4.78 is 31.3. The van der Waals surface area contributed by atoms with Crippen LogP contribution in [0.1, 0.15) is 25.8 Å². The second-order valence-electron chi connectivity index (χ2n) is 4.24. The van der Waals surface area contributed by atoms with Gasteiger partial charge in [0.15, 0.2) is 0 Å². The van der Waals surface area contributed by atoms with Crippen molar-refractivity contribution in [1.82, 2.24) is 0 Å². The van der Waals surface area contributed by atoms with Crippen molar-refractivity contribution in [3.8, 4) is 0 Å². The Balaban J connectivity index is 2.52. The van der Waals surface area contributed by atoms with Crippen molar-refractivity contribution in [2.24, 2.45) is 5.73 Å². The molecule has 90 valence electrons. The number of rotatable bonds is 5. The molecule has 1 aromatic carbocycles. The van der Waals surface area contributed by atoms with Crippen LogP contribution < -0.4 is 5.73 Å². The summed E-state index contributed by atoms with van der Waals surface area (Å²) in [5.74, 6) is -0.928. The van der Waals surface area contributed by atoms with Crippen LogP contribution >= 0.6 is 0 Å². The summed E-state index contributed by atoms with van der Waals surface area (Å²) in [6, 6.07) is 3.31. The lowest BCUT2D eigenvalue weighted by molar-refractivity contribution is 0.0758. The lowest BCUT2D eigenvalue weighted by Gasteiger charge is -2.22. The van der Waals surface area contributed by atoms with Crippen LogP contribution in [0.4, 0.5) is 8.78 Å². The Morgan fingerprint density at radius 1 is 1.38 bits per heavy atom. The molecule has 1 rings (SSSR count). The monoisotopic (exact) mass is 229 g/mol. The van der Waals surface area contributed by atoms with Gasteiger partial charge >= 0.3 is 0 Å². The lowest BCUT2D eigenvalue weighted by Crippen LogP contribution is -2.40. The van der Waals surface area contributed by atoms with Crippen LogP contribution in [-0.2, 0) is 11.3 Å². The first-order valence-electron chi connectivity index (χ1n) is 5.25. The quantitative estimate of drug-likeness (QED) is 0.842. The smallest absolute Gasteiger partial charge is 0.128 e. The van der Waals surface area contributed by atoms with E-state index in [1.165, 1.54) is 0 Å². The minimum Gasteiger partial charge on any atom is -0.375 e. The summed E-state index contributed by atoms with van der Waals surface area (Å²) in [5, 5.41) is 0. The molecule has 0 spiro atoms. The van der Waals surface area contributed by atoms with Crippen molar-refractivity contribution >= 4 is 0 Å². The maximum absolute atomic E-state index is 13.2.